The van der Waals surface area contributed by atoms with Crippen molar-refractivity contribution < 1.29 is 18.0 Å². The van der Waals surface area contributed by atoms with E-state index in [9.17, 15) is 18.0 Å². The molecule has 1 N–H and O–H groups in total. The Hall–Kier alpha value is -1.90. The largest absolute Gasteiger partial charge is 0.433 e. The average Bonchev–Trinajstić information content (AvgIpc) is 3.20. The van der Waals surface area contributed by atoms with Crippen molar-refractivity contribution in [1.29, 1.82) is 0 Å². The Morgan fingerprint density at radius 1 is 1.24 bits per heavy atom. The molecule has 2 atom stereocenters. The summed E-state index contributed by atoms with van der Waals surface area (Å²) in [6.07, 6.45) is -0.937. The number of nitrogens with zero attached hydrogens (tertiary/aromatic N) is 4. The van der Waals surface area contributed by atoms with Crippen LogP contribution in [0.1, 0.15) is 38.8 Å². The number of likely N-dealkylation sites (tertiary alicyclic amines) is 1. The number of carbonyl (C=O) groups excluding carboxylic acids is 1. The van der Waals surface area contributed by atoms with E-state index < -0.39 is 11.9 Å². The van der Waals surface area contributed by atoms with Gasteiger partial charge in [-0.1, -0.05) is 13.8 Å². The molecule has 0 aromatic carbocycles. The molecule has 3 fully saturated rings. The first-order valence-electron chi connectivity index (χ1n) is 10.4. The highest BCUT2D eigenvalue weighted by molar-refractivity contribution is 5.83. The molecular formula is C20H28F3N5O. The maximum absolute atomic E-state index is 13.0. The molecule has 3 saturated heterocycles. The van der Waals surface area contributed by atoms with Gasteiger partial charge >= 0.3 is 6.18 Å². The quantitative estimate of drug-likeness (QED) is 0.825. The van der Waals surface area contributed by atoms with Gasteiger partial charge in [-0.15, -0.1) is 0 Å². The van der Waals surface area contributed by atoms with Crippen LogP contribution in [-0.2, 0) is 11.0 Å². The molecule has 3 aliphatic heterocycles. The number of carbonyl (C=O) groups is 1. The van der Waals surface area contributed by atoms with Gasteiger partial charge in [-0.2, -0.15) is 13.2 Å². The van der Waals surface area contributed by atoms with Gasteiger partial charge in [0.05, 0.1) is 5.92 Å². The Bertz CT molecular complexity index is 761. The highest BCUT2D eigenvalue weighted by atomic mass is 19.4. The lowest BCUT2D eigenvalue weighted by Crippen LogP contribution is -2.55. The minimum Gasteiger partial charge on any atom is -0.356 e. The van der Waals surface area contributed by atoms with E-state index in [-0.39, 0.29) is 23.3 Å². The van der Waals surface area contributed by atoms with Crippen LogP contribution >= 0.6 is 0 Å². The van der Waals surface area contributed by atoms with Crippen molar-refractivity contribution in [3.8, 4) is 0 Å². The van der Waals surface area contributed by atoms with E-state index in [0.717, 1.165) is 51.3 Å². The van der Waals surface area contributed by atoms with E-state index in [2.05, 4.69) is 34.0 Å². The summed E-state index contributed by atoms with van der Waals surface area (Å²) in [5.41, 5.74) is -1.17. The van der Waals surface area contributed by atoms with E-state index in [1.807, 2.05) is 4.90 Å². The molecule has 0 bridgehead atoms. The number of aromatic nitrogens is 2. The molecule has 6 nitrogen and oxygen atoms in total. The van der Waals surface area contributed by atoms with Gasteiger partial charge in [-0.25, -0.2) is 9.97 Å². The van der Waals surface area contributed by atoms with Crippen molar-refractivity contribution >= 4 is 11.7 Å². The monoisotopic (exact) mass is 411 g/mol. The van der Waals surface area contributed by atoms with Crippen LogP contribution in [0.5, 0.6) is 0 Å². The lowest BCUT2D eigenvalue weighted by atomic mass is 9.75. The third-order valence-electron chi connectivity index (χ3n) is 6.76. The van der Waals surface area contributed by atoms with E-state index in [4.69, 9.17) is 0 Å². The van der Waals surface area contributed by atoms with Gasteiger partial charge < -0.3 is 15.1 Å². The zero-order chi connectivity index (χ0) is 20.8. The number of fused-ring (bicyclic) bond motifs is 2. The predicted octanol–water partition coefficient (Wildman–Crippen LogP) is 2.56. The summed E-state index contributed by atoms with van der Waals surface area (Å²) < 4.78 is 38.9. The number of nitrogens with one attached hydrogen (secondary N) is 1. The maximum atomic E-state index is 13.0. The number of rotatable bonds is 4. The van der Waals surface area contributed by atoms with Gasteiger partial charge in [0, 0.05) is 43.7 Å². The summed E-state index contributed by atoms with van der Waals surface area (Å²) in [6, 6.07) is 1.01. The molecule has 29 heavy (non-hydrogen) atoms. The van der Waals surface area contributed by atoms with Crippen molar-refractivity contribution in [3.05, 3.63) is 18.1 Å². The summed E-state index contributed by atoms with van der Waals surface area (Å²) in [6.45, 7) is 8.31. The number of halogens is 3. The summed E-state index contributed by atoms with van der Waals surface area (Å²) >= 11 is 0. The SMILES string of the molecule is CC(C)CCN1C[C@@H]2[C@@H](C1)C(=O)NC21CCN(c2cc(C(F)(F)F)ncn2)CC1. The summed E-state index contributed by atoms with van der Waals surface area (Å²) in [5, 5.41) is 3.26. The minimum absolute atomic E-state index is 0.0320. The van der Waals surface area contributed by atoms with Crippen molar-refractivity contribution in [2.45, 2.75) is 44.8 Å². The highest BCUT2D eigenvalue weighted by Crippen LogP contribution is 2.44. The topological polar surface area (TPSA) is 61.4 Å². The first kappa shape index (κ1) is 20.4. The van der Waals surface area contributed by atoms with Crippen LogP contribution in [0.3, 0.4) is 0 Å². The minimum atomic E-state index is -4.48. The smallest absolute Gasteiger partial charge is 0.356 e. The van der Waals surface area contributed by atoms with Gasteiger partial charge in [-0.05, 0) is 31.7 Å². The van der Waals surface area contributed by atoms with Crippen LogP contribution in [0.2, 0.25) is 0 Å². The molecule has 4 heterocycles. The molecule has 9 heteroatoms. The van der Waals surface area contributed by atoms with E-state index in [1.54, 1.807) is 0 Å². The first-order valence-corrected chi connectivity index (χ1v) is 10.4. The standard InChI is InChI=1S/C20H28F3N5O/c1-13(2)3-6-27-10-14-15(11-27)19(26-18(14)29)4-7-28(8-5-19)17-9-16(20(21,22)23)24-12-25-17/h9,12-15H,3-8,10-11H2,1-2H3,(H,26,29)/t14-,15-/m1/s1. The molecule has 4 rings (SSSR count). The third kappa shape index (κ3) is 3.93. The van der Waals surface area contributed by atoms with Crippen LogP contribution in [0.25, 0.3) is 0 Å². The van der Waals surface area contributed by atoms with Crippen LogP contribution < -0.4 is 10.2 Å². The molecule has 1 spiro atoms. The molecule has 0 aliphatic carbocycles. The van der Waals surface area contributed by atoms with Gasteiger partial charge in [0.1, 0.15) is 17.8 Å². The molecule has 160 valence electrons. The lowest BCUT2D eigenvalue weighted by Gasteiger charge is -2.43. The zero-order valence-corrected chi connectivity index (χ0v) is 16.9. The average molecular weight is 411 g/mol. The fourth-order valence-electron chi connectivity index (χ4n) is 5.07. The van der Waals surface area contributed by atoms with Gasteiger partial charge in [0.25, 0.3) is 0 Å². The van der Waals surface area contributed by atoms with Gasteiger partial charge in [0.15, 0.2) is 0 Å². The van der Waals surface area contributed by atoms with Crippen LogP contribution in [0, 0.1) is 17.8 Å². The van der Waals surface area contributed by atoms with E-state index in [0.29, 0.717) is 24.8 Å². The van der Waals surface area contributed by atoms with Crippen molar-refractivity contribution in [3.63, 3.8) is 0 Å². The second kappa shape index (κ2) is 7.41. The van der Waals surface area contributed by atoms with E-state index in [1.165, 1.54) is 0 Å². The van der Waals surface area contributed by atoms with E-state index >= 15 is 0 Å². The molecule has 0 radical (unpaired) electrons. The summed E-state index contributed by atoms with van der Waals surface area (Å²) in [7, 11) is 0. The van der Waals surface area contributed by atoms with Crippen LogP contribution in [0.15, 0.2) is 12.4 Å². The highest BCUT2D eigenvalue weighted by Gasteiger charge is 2.57. The Morgan fingerprint density at radius 3 is 2.62 bits per heavy atom. The molecule has 0 saturated carbocycles. The number of alkyl halides is 3. The fourth-order valence-corrected chi connectivity index (χ4v) is 5.07. The normalized spacial score (nSPS) is 27.0. The Balaban J connectivity index is 1.43. The van der Waals surface area contributed by atoms with Crippen molar-refractivity contribution in [1.82, 2.24) is 20.2 Å². The van der Waals surface area contributed by atoms with Crippen molar-refractivity contribution in [2.75, 3.05) is 37.6 Å². The maximum Gasteiger partial charge on any atom is 0.433 e. The fraction of sp³-hybridized carbons (Fsp3) is 0.750. The molecule has 3 aliphatic rings. The summed E-state index contributed by atoms with van der Waals surface area (Å²) in [4.78, 5) is 24.3. The Labute approximate surface area is 168 Å². The number of piperidine rings is 1. The first-order chi connectivity index (χ1) is 13.7. The third-order valence-corrected chi connectivity index (χ3v) is 6.76. The Kier molecular flexibility index (Phi) is 5.21. The van der Waals surface area contributed by atoms with Gasteiger partial charge in [-0.3, -0.25) is 4.79 Å². The molecule has 0 unspecified atom stereocenters. The summed E-state index contributed by atoms with van der Waals surface area (Å²) in [5.74, 6) is 1.38. The number of hydrogen-bond donors (Lipinski definition) is 1. The van der Waals surface area contributed by atoms with Crippen molar-refractivity contribution in [2.24, 2.45) is 17.8 Å². The number of hydrogen-bond acceptors (Lipinski definition) is 5. The zero-order valence-electron chi connectivity index (χ0n) is 16.9. The predicted molar refractivity (Wildman–Crippen MR) is 102 cm³/mol. The molecule has 1 aromatic heterocycles. The second-order valence-corrected chi connectivity index (χ2v) is 9.05. The molecular weight excluding hydrogens is 383 g/mol. The number of anilines is 1. The number of amides is 1. The van der Waals surface area contributed by atoms with Crippen LogP contribution in [-0.4, -0.2) is 59.0 Å². The molecule has 1 aromatic rings. The van der Waals surface area contributed by atoms with Gasteiger partial charge in [0.2, 0.25) is 5.91 Å². The molecule has 1 amide bonds. The van der Waals surface area contributed by atoms with Crippen LogP contribution in [0.4, 0.5) is 19.0 Å². The Morgan fingerprint density at radius 2 is 1.97 bits per heavy atom. The lowest BCUT2D eigenvalue weighted by molar-refractivity contribution is -0.141. The second-order valence-electron chi connectivity index (χ2n) is 9.05.